The van der Waals surface area contributed by atoms with E-state index in [9.17, 15) is 4.79 Å². The summed E-state index contributed by atoms with van der Waals surface area (Å²) in [6.45, 7) is 0.791. The predicted octanol–water partition coefficient (Wildman–Crippen LogP) is 4.92. The monoisotopic (exact) mass is 411 g/mol. The van der Waals surface area contributed by atoms with Crippen molar-refractivity contribution in [2.45, 2.75) is 18.9 Å². The molecular weight excluding hydrogens is 397 g/mol. The third-order valence-corrected chi connectivity index (χ3v) is 5.17. The Labute approximate surface area is 143 Å². The maximum Gasteiger partial charge on any atom is 0.255 e. The van der Waals surface area contributed by atoms with Crippen LogP contribution in [0.25, 0.3) is 0 Å². The van der Waals surface area contributed by atoms with Crippen LogP contribution in [0.1, 0.15) is 34.8 Å². The van der Waals surface area contributed by atoms with Crippen LogP contribution in [0.4, 0.5) is 0 Å². The summed E-state index contributed by atoms with van der Waals surface area (Å²) in [5, 5.41) is 0.741. The summed E-state index contributed by atoms with van der Waals surface area (Å²) in [7, 11) is 0. The van der Waals surface area contributed by atoms with Gasteiger partial charge in [0.2, 0.25) is 0 Å². The van der Waals surface area contributed by atoms with Crippen molar-refractivity contribution in [1.29, 1.82) is 0 Å². The van der Waals surface area contributed by atoms with E-state index < -0.39 is 0 Å². The largest absolute Gasteiger partial charge is 0.332 e. The van der Waals surface area contributed by atoms with Crippen molar-refractivity contribution >= 4 is 40.1 Å². The van der Waals surface area contributed by atoms with Crippen LogP contribution < -0.4 is 0 Å². The number of carbonyl (C=O) groups is 1. The second-order valence-corrected chi connectivity index (χ2v) is 6.73. The molecule has 0 spiro atoms. The highest BCUT2D eigenvalue weighted by atomic mass is 127. The Balaban J connectivity index is 1.93. The van der Waals surface area contributed by atoms with Gasteiger partial charge in [-0.25, -0.2) is 0 Å². The van der Waals surface area contributed by atoms with Gasteiger partial charge >= 0.3 is 0 Å². The van der Waals surface area contributed by atoms with E-state index in [2.05, 4.69) is 22.6 Å². The molecule has 2 aromatic rings. The molecule has 0 radical (unpaired) electrons. The van der Waals surface area contributed by atoms with Crippen LogP contribution in [0.3, 0.4) is 0 Å². The molecule has 1 saturated heterocycles. The Kier molecular flexibility index (Phi) is 4.50. The maximum atomic E-state index is 12.8. The molecule has 2 aromatic carbocycles. The lowest BCUT2D eigenvalue weighted by molar-refractivity contribution is 0.0734. The first kappa shape index (κ1) is 14.9. The Hall–Kier alpha value is -1.07. The van der Waals surface area contributed by atoms with E-state index in [1.54, 1.807) is 0 Å². The molecule has 1 aliphatic rings. The van der Waals surface area contributed by atoms with Crippen LogP contribution in [0.5, 0.6) is 0 Å². The van der Waals surface area contributed by atoms with Crippen molar-refractivity contribution < 1.29 is 4.79 Å². The maximum absolute atomic E-state index is 12.8. The minimum absolute atomic E-state index is 0.0854. The summed E-state index contributed by atoms with van der Waals surface area (Å²) < 4.78 is 0.991. The van der Waals surface area contributed by atoms with Crippen LogP contribution >= 0.6 is 34.2 Å². The standard InChI is InChI=1S/C17H15ClINO/c18-14-8-3-1-6-12(14)16-10-5-11-20(16)17(21)13-7-2-4-9-15(13)19/h1-4,6-9,16H,5,10-11H2. The van der Waals surface area contributed by atoms with Crippen LogP contribution in [0.2, 0.25) is 5.02 Å². The summed E-state index contributed by atoms with van der Waals surface area (Å²) >= 11 is 8.53. The van der Waals surface area contributed by atoms with Crippen LogP contribution in [0, 0.1) is 3.57 Å². The Morgan fingerprint density at radius 1 is 1.14 bits per heavy atom. The van der Waals surface area contributed by atoms with Crippen molar-refractivity contribution in [3.8, 4) is 0 Å². The second kappa shape index (κ2) is 6.36. The topological polar surface area (TPSA) is 20.3 Å². The lowest BCUT2D eigenvalue weighted by Gasteiger charge is -2.26. The van der Waals surface area contributed by atoms with Gasteiger partial charge in [0.05, 0.1) is 11.6 Å². The Morgan fingerprint density at radius 2 is 1.86 bits per heavy atom. The number of likely N-dealkylation sites (tertiary alicyclic amines) is 1. The molecule has 0 saturated carbocycles. The molecule has 1 aliphatic heterocycles. The number of amides is 1. The molecule has 108 valence electrons. The highest BCUT2D eigenvalue weighted by Crippen LogP contribution is 2.36. The molecule has 3 rings (SSSR count). The number of halogens is 2. The zero-order chi connectivity index (χ0) is 14.8. The zero-order valence-corrected chi connectivity index (χ0v) is 14.3. The molecule has 0 aliphatic carbocycles. The third kappa shape index (κ3) is 2.94. The Bertz CT molecular complexity index is 673. The average molecular weight is 412 g/mol. The van der Waals surface area contributed by atoms with Crippen LogP contribution in [0.15, 0.2) is 48.5 Å². The fourth-order valence-corrected chi connectivity index (χ4v) is 3.75. The van der Waals surface area contributed by atoms with Gasteiger partial charge in [-0.05, 0) is 59.2 Å². The lowest BCUT2D eigenvalue weighted by Crippen LogP contribution is -2.31. The van der Waals surface area contributed by atoms with Gasteiger partial charge in [-0.3, -0.25) is 4.79 Å². The van der Waals surface area contributed by atoms with Crippen molar-refractivity contribution in [2.24, 2.45) is 0 Å². The first-order valence-corrected chi connectivity index (χ1v) is 8.44. The fourth-order valence-electron chi connectivity index (χ4n) is 2.87. The van der Waals surface area contributed by atoms with Crippen LogP contribution in [-0.2, 0) is 0 Å². The van der Waals surface area contributed by atoms with E-state index in [-0.39, 0.29) is 11.9 Å². The number of nitrogens with zero attached hydrogens (tertiary/aromatic N) is 1. The van der Waals surface area contributed by atoms with Crippen molar-refractivity contribution in [1.82, 2.24) is 4.90 Å². The molecule has 1 amide bonds. The van der Waals surface area contributed by atoms with Gasteiger partial charge in [0.1, 0.15) is 0 Å². The normalized spacial score (nSPS) is 18.0. The zero-order valence-electron chi connectivity index (χ0n) is 11.4. The van der Waals surface area contributed by atoms with Gasteiger partial charge < -0.3 is 4.90 Å². The Morgan fingerprint density at radius 3 is 2.62 bits per heavy atom. The third-order valence-electron chi connectivity index (χ3n) is 3.88. The van der Waals surface area contributed by atoms with E-state index in [1.165, 1.54) is 0 Å². The summed E-state index contributed by atoms with van der Waals surface area (Å²) in [5.74, 6) is 0.0995. The number of benzene rings is 2. The van der Waals surface area contributed by atoms with E-state index >= 15 is 0 Å². The summed E-state index contributed by atoms with van der Waals surface area (Å²) in [6, 6.07) is 15.6. The molecular formula is C17H15ClINO. The van der Waals surface area contributed by atoms with Gasteiger partial charge in [-0.1, -0.05) is 41.9 Å². The molecule has 1 unspecified atom stereocenters. The quantitative estimate of drug-likeness (QED) is 0.642. The molecule has 2 nitrogen and oxygen atoms in total. The number of hydrogen-bond acceptors (Lipinski definition) is 1. The van der Waals surface area contributed by atoms with Crippen molar-refractivity contribution in [2.75, 3.05) is 6.54 Å². The van der Waals surface area contributed by atoms with E-state index in [4.69, 9.17) is 11.6 Å². The minimum atomic E-state index is 0.0854. The van der Waals surface area contributed by atoms with Gasteiger partial charge in [0.25, 0.3) is 5.91 Å². The smallest absolute Gasteiger partial charge is 0.255 e. The predicted molar refractivity (Wildman–Crippen MR) is 93.6 cm³/mol. The molecule has 4 heteroatoms. The summed E-state index contributed by atoms with van der Waals surface area (Å²) in [5.41, 5.74) is 1.83. The minimum Gasteiger partial charge on any atom is -0.332 e. The van der Waals surface area contributed by atoms with Gasteiger partial charge in [0, 0.05) is 15.1 Å². The van der Waals surface area contributed by atoms with Crippen molar-refractivity contribution in [3.63, 3.8) is 0 Å². The first-order chi connectivity index (χ1) is 10.2. The average Bonchev–Trinajstić information content (AvgIpc) is 2.97. The molecule has 21 heavy (non-hydrogen) atoms. The second-order valence-electron chi connectivity index (χ2n) is 5.16. The lowest BCUT2D eigenvalue weighted by atomic mass is 10.0. The highest BCUT2D eigenvalue weighted by Gasteiger charge is 2.32. The number of rotatable bonds is 2. The van der Waals surface area contributed by atoms with Gasteiger partial charge in [0.15, 0.2) is 0 Å². The fraction of sp³-hybridized carbons (Fsp3) is 0.235. The first-order valence-electron chi connectivity index (χ1n) is 6.98. The van der Waals surface area contributed by atoms with Crippen LogP contribution in [-0.4, -0.2) is 17.4 Å². The molecule has 0 N–H and O–H groups in total. The summed E-state index contributed by atoms with van der Waals surface area (Å²) in [6.07, 6.45) is 1.99. The molecule has 0 bridgehead atoms. The number of hydrogen-bond donors (Lipinski definition) is 0. The van der Waals surface area contributed by atoms with Crippen molar-refractivity contribution in [3.05, 3.63) is 68.3 Å². The SMILES string of the molecule is O=C(c1ccccc1I)N1CCCC1c1ccccc1Cl. The summed E-state index contributed by atoms with van der Waals surface area (Å²) in [4.78, 5) is 14.8. The van der Waals surface area contributed by atoms with E-state index in [1.807, 2.05) is 53.4 Å². The molecule has 1 heterocycles. The van der Waals surface area contributed by atoms with E-state index in [0.717, 1.165) is 39.1 Å². The van der Waals surface area contributed by atoms with E-state index in [0.29, 0.717) is 0 Å². The molecule has 1 fully saturated rings. The molecule has 1 atom stereocenters. The van der Waals surface area contributed by atoms with Gasteiger partial charge in [-0.2, -0.15) is 0 Å². The highest BCUT2D eigenvalue weighted by molar-refractivity contribution is 14.1. The number of carbonyl (C=O) groups excluding carboxylic acids is 1. The molecule has 0 aromatic heterocycles. The van der Waals surface area contributed by atoms with Gasteiger partial charge in [-0.15, -0.1) is 0 Å².